The van der Waals surface area contributed by atoms with Crippen LogP contribution < -0.4 is 15.4 Å². The van der Waals surface area contributed by atoms with Gasteiger partial charge in [-0.05, 0) is 74.2 Å². The average Bonchev–Trinajstić information content (AvgIpc) is 3.64. The van der Waals surface area contributed by atoms with Crippen LogP contribution in [-0.2, 0) is 4.79 Å². The smallest absolute Gasteiger partial charge is 0.256 e. The van der Waals surface area contributed by atoms with E-state index in [9.17, 15) is 9.59 Å². The van der Waals surface area contributed by atoms with Crippen molar-refractivity contribution in [1.29, 1.82) is 0 Å². The van der Waals surface area contributed by atoms with E-state index in [2.05, 4.69) is 56.6 Å². The Balaban J connectivity index is 1.08. The van der Waals surface area contributed by atoms with Crippen molar-refractivity contribution in [3.8, 4) is 11.5 Å². The molecule has 4 heterocycles. The van der Waals surface area contributed by atoms with E-state index in [1.165, 1.54) is 12.8 Å². The van der Waals surface area contributed by atoms with Crippen LogP contribution in [0.15, 0.2) is 67.0 Å². The van der Waals surface area contributed by atoms with Crippen LogP contribution in [0.4, 0.5) is 11.6 Å². The number of rotatable bonds is 11. The maximum Gasteiger partial charge on any atom is 0.256 e. The Kier molecular flexibility index (Phi) is 8.56. The van der Waals surface area contributed by atoms with Crippen molar-refractivity contribution in [1.82, 2.24) is 30.0 Å². The number of ether oxygens (including phenoxy) is 1. The SMILES string of the molecule is CC(C)c1ccnc(NC(=O)c2ccc(Oc3ccnc4[nH]nc(NC5CCN(C(=O)/C=C/CN(C)C6CC6)C5)c34)cc2)c1. The summed E-state index contributed by atoms with van der Waals surface area (Å²) in [6, 6.07) is 13.3. The maximum atomic E-state index is 12.8. The number of aromatic nitrogens is 4. The molecule has 1 atom stereocenters. The molecule has 1 aliphatic carbocycles. The first-order valence-corrected chi connectivity index (χ1v) is 15.1. The molecule has 0 spiro atoms. The zero-order valence-corrected chi connectivity index (χ0v) is 25.3. The molecule has 3 aromatic heterocycles. The molecule has 1 saturated heterocycles. The highest BCUT2D eigenvalue weighted by Crippen LogP contribution is 2.34. The van der Waals surface area contributed by atoms with Crippen molar-refractivity contribution in [3.05, 3.63) is 78.1 Å². The molecule has 1 unspecified atom stereocenters. The largest absolute Gasteiger partial charge is 0.456 e. The summed E-state index contributed by atoms with van der Waals surface area (Å²) in [4.78, 5) is 38.4. The number of carbonyl (C=O) groups excluding carboxylic acids is 2. The number of anilines is 2. The molecule has 0 radical (unpaired) electrons. The number of hydrogen-bond donors (Lipinski definition) is 3. The number of pyridine rings is 2. The first-order valence-electron chi connectivity index (χ1n) is 15.1. The number of benzene rings is 1. The third-order valence-corrected chi connectivity index (χ3v) is 8.12. The Morgan fingerprint density at radius 3 is 2.68 bits per heavy atom. The quantitative estimate of drug-likeness (QED) is 0.203. The number of H-pyrrole nitrogens is 1. The monoisotopic (exact) mass is 594 g/mol. The summed E-state index contributed by atoms with van der Waals surface area (Å²) in [5.74, 6) is 2.41. The van der Waals surface area contributed by atoms with Gasteiger partial charge in [0, 0.05) is 61.8 Å². The van der Waals surface area contributed by atoms with E-state index in [0.29, 0.717) is 59.4 Å². The van der Waals surface area contributed by atoms with Gasteiger partial charge < -0.3 is 20.3 Å². The fourth-order valence-corrected chi connectivity index (χ4v) is 5.34. The van der Waals surface area contributed by atoms with Gasteiger partial charge in [0.15, 0.2) is 11.5 Å². The van der Waals surface area contributed by atoms with Crippen molar-refractivity contribution in [2.45, 2.75) is 51.1 Å². The molecule has 4 aromatic rings. The van der Waals surface area contributed by atoms with E-state index in [-0.39, 0.29) is 17.9 Å². The zero-order valence-electron chi connectivity index (χ0n) is 25.3. The van der Waals surface area contributed by atoms with Gasteiger partial charge in [-0.15, -0.1) is 0 Å². The van der Waals surface area contributed by atoms with Crippen molar-refractivity contribution in [2.75, 3.05) is 37.3 Å². The summed E-state index contributed by atoms with van der Waals surface area (Å²) >= 11 is 0. The van der Waals surface area contributed by atoms with E-state index in [0.717, 1.165) is 23.9 Å². The molecule has 44 heavy (non-hydrogen) atoms. The number of nitrogens with zero attached hydrogens (tertiary/aromatic N) is 5. The minimum absolute atomic E-state index is 0.0357. The Bertz CT molecular complexity index is 1660. The van der Waals surface area contributed by atoms with Crippen molar-refractivity contribution >= 4 is 34.5 Å². The Morgan fingerprint density at radius 1 is 1.11 bits per heavy atom. The predicted octanol–water partition coefficient (Wildman–Crippen LogP) is 5.18. The van der Waals surface area contributed by atoms with E-state index in [1.54, 1.807) is 48.8 Å². The average molecular weight is 595 g/mol. The van der Waals surface area contributed by atoms with Crippen LogP contribution in [0.5, 0.6) is 11.5 Å². The van der Waals surface area contributed by atoms with Gasteiger partial charge in [-0.3, -0.25) is 19.6 Å². The van der Waals surface area contributed by atoms with Gasteiger partial charge in [0.1, 0.15) is 22.7 Å². The molecule has 11 heteroatoms. The summed E-state index contributed by atoms with van der Waals surface area (Å²) in [7, 11) is 2.10. The van der Waals surface area contributed by atoms with Crippen LogP contribution in [0, 0.1) is 0 Å². The van der Waals surface area contributed by atoms with Crippen molar-refractivity contribution in [2.24, 2.45) is 0 Å². The summed E-state index contributed by atoms with van der Waals surface area (Å²) in [6.07, 6.45) is 10.3. The van der Waals surface area contributed by atoms with Gasteiger partial charge in [0.25, 0.3) is 5.91 Å². The lowest BCUT2D eigenvalue weighted by atomic mass is 10.1. The molecular weight excluding hydrogens is 556 g/mol. The lowest BCUT2D eigenvalue weighted by molar-refractivity contribution is -0.125. The first kappa shape index (κ1) is 29.3. The highest BCUT2D eigenvalue weighted by Gasteiger charge is 2.27. The van der Waals surface area contributed by atoms with Crippen LogP contribution >= 0.6 is 0 Å². The number of hydrogen-bond acceptors (Lipinski definition) is 8. The summed E-state index contributed by atoms with van der Waals surface area (Å²) in [5.41, 5.74) is 2.19. The number of carbonyl (C=O) groups is 2. The van der Waals surface area contributed by atoms with Crippen LogP contribution in [-0.4, -0.2) is 80.5 Å². The molecule has 6 rings (SSSR count). The van der Waals surface area contributed by atoms with Crippen molar-refractivity contribution in [3.63, 3.8) is 0 Å². The highest BCUT2D eigenvalue weighted by molar-refractivity contribution is 6.03. The van der Waals surface area contributed by atoms with E-state index in [1.807, 2.05) is 23.1 Å². The fourth-order valence-electron chi connectivity index (χ4n) is 5.34. The molecule has 2 aliphatic rings. The van der Waals surface area contributed by atoms with Crippen LogP contribution in [0.2, 0.25) is 0 Å². The van der Waals surface area contributed by atoms with Gasteiger partial charge >= 0.3 is 0 Å². The normalized spacial score (nSPS) is 16.8. The Hall–Kier alpha value is -4.77. The second-order valence-corrected chi connectivity index (χ2v) is 11.8. The summed E-state index contributed by atoms with van der Waals surface area (Å²) < 4.78 is 6.23. The molecule has 11 nitrogen and oxygen atoms in total. The first-order chi connectivity index (χ1) is 21.3. The van der Waals surface area contributed by atoms with E-state index < -0.39 is 0 Å². The molecule has 1 saturated carbocycles. The van der Waals surface area contributed by atoms with Crippen LogP contribution in [0.3, 0.4) is 0 Å². The number of likely N-dealkylation sites (N-methyl/N-ethyl adjacent to an activating group) is 1. The number of nitrogens with one attached hydrogen (secondary N) is 3. The Morgan fingerprint density at radius 2 is 1.91 bits per heavy atom. The maximum absolute atomic E-state index is 12.8. The van der Waals surface area contributed by atoms with Crippen LogP contribution in [0.1, 0.15) is 54.9 Å². The highest BCUT2D eigenvalue weighted by atomic mass is 16.5. The third-order valence-electron chi connectivity index (χ3n) is 8.12. The number of likely N-dealkylation sites (tertiary alicyclic amines) is 1. The predicted molar refractivity (Wildman–Crippen MR) is 170 cm³/mol. The number of amides is 2. The molecule has 2 amide bonds. The lowest BCUT2D eigenvalue weighted by Gasteiger charge is -2.16. The fraction of sp³-hybridized carbons (Fsp3) is 0.364. The molecule has 3 N–H and O–H groups in total. The summed E-state index contributed by atoms with van der Waals surface area (Å²) in [6.45, 7) is 6.26. The molecule has 1 aliphatic heterocycles. The molecule has 2 fully saturated rings. The van der Waals surface area contributed by atoms with Crippen molar-refractivity contribution < 1.29 is 14.3 Å². The Labute approximate surface area is 256 Å². The van der Waals surface area contributed by atoms with E-state index >= 15 is 0 Å². The number of aromatic amines is 1. The third kappa shape index (κ3) is 6.89. The lowest BCUT2D eigenvalue weighted by Crippen LogP contribution is -2.30. The standard InChI is InChI=1S/C33H38N8O3/c1-21(2)23-12-15-34-28(19-23)37-33(43)22-6-10-26(11-7-22)44-27-13-16-35-31-30(27)32(39-38-31)36-24-14-18-41(20-24)29(42)5-4-17-40(3)25-8-9-25/h4-7,10-13,15-16,19,21,24-25H,8-9,14,17-18,20H2,1-3H3,(H,34,37,43)(H2,35,36,38,39)/b5-4+. The zero-order chi connectivity index (χ0) is 30.6. The second kappa shape index (κ2) is 12.8. The molecule has 228 valence electrons. The topological polar surface area (TPSA) is 128 Å². The molecular formula is C33H38N8O3. The molecule has 0 bridgehead atoms. The van der Waals surface area contributed by atoms with Gasteiger partial charge in [0.05, 0.1) is 0 Å². The van der Waals surface area contributed by atoms with Gasteiger partial charge in [-0.2, -0.15) is 5.10 Å². The summed E-state index contributed by atoms with van der Waals surface area (Å²) in [5, 5.41) is 14.5. The second-order valence-electron chi connectivity index (χ2n) is 11.8. The van der Waals surface area contributed by atoms with Gasteiger partial charge in [-0.25, -0.2) is 9.97 Å². The minimum Gasteiger partial charge on any atom is -0.456 e. The van der Waals surface area contributed by atoms with Crippen LogP contribution in [0.25, 0.3) is 11.0 Å². The van der Waals surface area contributed by atoms with Gasteiger partial charge in [0.2, 0.25) is 5.91 Å². The minimum atomic E-state index is -0.247. The number of fused-ring (bicyclic) bond motifs is 1. The van der Waals surface area contributed by atoms with E-state index in [4.69, 9.17) is 4.74 Å². The molecule has 1 aromatic carbocycles. The van der Waals surface area contributed by atoms with Gasteiger partial charge in [-0.1, -0.05) is 19.9 Å².